The van der Waals surface area contributed by atoms with Crippen LogP contribution in [0.2, 0.25) is 0 Å². The van der Waals surface area contributed by atoms with Crippen molar-refractivity contribution in [2.45, 2.75) is 51.5 Å². The summed E-state index contributed by atoms with van der Waals surface area (Å²) in [7, 11) is 0. The molecular weight excluding hydrogens is 370 g/mol. The van der Waals surface area contributed by atoms with Crippen LogP contribution in [0, 0.1) is 5.92 Å². The van der Waals surface area contributed by atoms with Crippen molar-refractivity contribution in [1.29, 1.82) is 0 Å². The van der Waals surface area contributed by atoms with E-state index in [2.05, 4.69) is 34.1 Å². The van der Waals surface area contributed by atoms with Crippen LogP contribution in [0.4, 0.5) is 5.82 Å². The molecule has 152 valence electrons. The largest absolute Gasteiger partial charge is 0.388 e. The number of aromatic nitrogens is 4. The number of carbonyl (C=O) groups is 1. The van der Waals surface area contributed by atoms with Gasteiger partial charge in [-0.2, -0.15) is 0 Å². The minimum atomic E-state index is -0.690. The first kappa shape index (κ1) is 19.5. The van der Waals surface area contributed by atoms with E-state index in [9.17, 15) is 9.90 Å². The van der Waals surface area contributed by atoms with E-state index in [1.54, 1.807) is 35.2 Å². The maximum absolute atomic E-state index is 12.5. The average Bonchev–Trinajstić information content (AvgIpc) is 3.29. The number of nitrogens with one attached hydrogen (secondary N) is 1. The smallest absolute Gasteiger partial charge is 0.256 e. The first-order chi connectivity index (χ1) is 14.0. The topological polar surface area (TPSA) is 102 Å². The Morgan fingerprint density at radius 2 is 1.93 bits per heavy atom. The molecule has 29 heavy (non-hydrogen) atoms. The molecule has 4 rings (SSSR count). The molecule has 1 fully saturated rings. The molecule has 0 bridgehead atoms. The molecular formula is C21H25N5O3. The maximum atomic E-state index is 12.5. The second-order valence-corrected chi connectivity index (χ2v) is 7.43. The predicted molar refractivity (Wildman–Crippen MR) is 108 cm³/mol. The Morgan fingerprint density at radius 3 is 2.59 bits per heavy atom. The van der Waals surface area contributed by atoms with Gasteiger partial charge in [0.05, 0.1) is 11.9 Å². The van der Waals surface area contributed by atoms with Gasteiger partial charge in [-0.05, 0) is 25.0 Å². The van der Waals surface area contributed by atoms with Crippen molar-refractivity contribution in [3.8, 4) is 0 Å². The van der Waals surface area contributed by atoms with Gasteiger partial charge in [-0.1, -0.05) is 39.0 Å². The fraction of sp³-hybridized carbons (Fsp3) is 0.429. The monoisotopic (exact) mass is 395 g/mol. The second kappa shape index (κ2) is 7.53. The Balaban J connectivity index is 1.67. The standard InChI is InChI=1S/C21H25N5O3/c1-4-21(5-2)13(3)16(27)20(29-21)26-12-24-15-17(22-11-23-18(15)26)25-19(28)14-9-7-6-8-10-14/h6-13,16,20,27H,4-5H2,1-3H3,(H,22,23,25,28)/t13?,16-,20+/m0/s1. The second-order valence-electron chi connectivity index (χ2n) is 7.43. The molecule has 0 spiro atoms. The van der Waals surface area contributed by atoms with Crippen molar-refractivity contribution in [3.05, 3.63) is 48.5 Å². The summed E-state index contributed by atoms with van der Waals surface area (Å²) >= 11 is 0. The van der Waals surface area contributed by atoms with E-state index < -0.39 is 17.9 Å². The Kier molecular flexibility index (Phi) is 5.06. The van der Waals surface area contributed by atoms with Gasteiger partial charge in [0.2, 0.25) is 0 Å². The van der Waals surface area contributed by atoms with Gasteiger partial charge in [-0.15, -0.1) is 0 Å². The number of aliphatic hydroxyl groups excluding tert-OH is 1. The lowest BCUT2D eigenvalue weighted by Gasteiger charge is -2.30. The minimum absolute atomic E-state index is 0.0287. The minimum Gasteiger partial charge on any atom is -0.388 e. The van der Waals surface area contributed by atoms with Crippen molar-refractivity contribution in [2.75, 3.05) is 5.32 Å². The summed E-state index contributed by atoms with van der Waals surface area (Å²) in [6.07, 6.45) is 3.28. The number of fused-ring (bicyclic) bond motifs is 1. The van der Waals surface area contributed by atoms with E-state index in [-0.39, 0.29) is 11.8 Å². The molecule has 1 aliphatic rings. The third kappa shape index (κ3) is 3.18. The summed E-state index contributed by atoms with van der Waals surface area (Å²) in [6, 6.07) is 8.90. The molecule has 1 saturated heterocycles. The highest BCUT2D eigenvalue weighted by atomic mass is 16.5. The zero-order chi connectivity index (χ0) is 20.6. The van der Waals surface area contributed by atoms with Gasteiger partial charge in [0.25, 0.3) is 5.91 Å². The van der Waals surface area contributed by atoms with E-state index in [4.69, 9.17) is 4.74 Å². The highest BCUT2D eigenvalue weighted by Gasteiger charge is 2.51. The SMILES string of the molecule is CCC1(CC)O[C@@H](n2cnc3c(NC(=O)c4ccccc4)ncnc32)[C@@H](O)C1C. The summed E-state index contributed by atoms with van der Waals surface area (Å²) in [6.45, 7) is 6.15. The fourth-order valence-electron chi connectivity index (χ4n) is 4.16. The first-order valence-electron chi connectivity index (χ1n) is 9.90. The molecule has 2 aromatic heterocycles. The number of carbonyl (C=O) groups excluding carboxylic acids is 1. The van der Waals surface area contributed by atoms with Gasteiger partial charge < -0.3 is 15.2 Å². The molecule has 0 aliphatic carbocycles. The first-order valence-corrected chi connectivity index (χ1v) is 9.90. The van der Waals surface area contributed by atoms with Crippen LogP contribution in [-0.2, 0) is 4.74 Å². The van der Waals surface area contributed by atoms with E-state index in [1.165, 1.54) is 6.33 Å². The van der Waals surface area contributed by atoms with Crippen LogP contribution in [0.3, 0.4) is 0 Å². The van der Waals surface area contributed by atoms with Crippen LogP contribution in [-0.4, -0.2) is 42.2 Å². The number of aliphatic hydroxyl groups is 1. The van der Waals surface area contributed by atoms with Gasteiger partial charge in [0.1, 0.15) is 12.4 Å². The molecule has 3 atom stereocenters. The van der Waals surface area contributed by atoms with Crippen molar-refractivity contribution in [2.24, 2.45) is 5.92 Å². The van der Waals surface area contributed by atoms with Crippen molar-refractivity contribution >= 4 is 22.9 Å². The van der Waals surface area contributed by atoms with Gasteiger partial charge in [0.15, 0.2) is 23.2 Å². The lowest BCUT2D eigenvalue weighted by atomic mass is 9.83. The summed E-state index contributed by atoms with van der Waals surface area (Å²) < 4.78 is 8.07. The Hall–Kier alpha value is -2.84. The number of benzene rings is 1. The third-order valence-corrected chi connectivity index (χ3v) is 6.09. The summed E-state index contributed by atoms with van der Waals surface area (Å²) in [4.78, 5) is 25.4. The predicted octanol–water partition coefficient (Wildman–Crippen LogP) is 3.16. The number of nitrogens with zero attached hydrogens (tertiary/aromatic N) is 4. The molecule has 0 radical (unpaired) electrons. The quantitative estimate of drug-likeness (QED) is 0.688. The zero-order valence-corrected chi connectivity index (χ0v) is 16.7. The van der Waals surface area contributed by atoms with Gasteiger partial charge in [-0.3, -0.25) is 9.36 Å². The molecule has 2 N–H and O–H groups in total. The maximum Gasteiger partial charge on any atom is 0.256 e. The van der Waals surface area contributed by atoms with Crippen LogP contribution >= 0.6 is 0 Å². The lowest BCUT2D eigenvalue weighted by Crippen LogP contribution is -2.35. The van der Waals surface area contributed by atoms with Crippen LogP contribution in [0.15, 0.2) is 43.0 Å². The molecule has 0 saturated carbocycles. The summed E-state index contributed by atoms with van der Waals surface area (Å²) in [5, 5.41) is 13.7. The van der Waals surface area contributed by atoms with Crippen molar-refractivity contribution < 1.29 is 14.6 Å². The van der Waals surface area contributed by atoms with Crippen LogP contribution in [0.1, 0.15) is 50.2 Å². The Morgan fingerprint density at radius 1 is 1.21 bits per heavy atom. The number of anilines is 1. The van der Waals surface area contributed by atoms with Crippen molar-refractivity contribution in [3.63, 3.8) is 0 Å². The molecule has 1 aliphatic heterocycles. The van der Waals surface area contributed by atoms with E-state index in [0.717, 1.165) is 12.8 Å². The number of ether oxygens (including phenoxy) is 1. The van der Waals surface area contributed by atoms with Crippen LogP contribution in [0.5, 0.6) is 0 Å². The Bertz CT molecular complexity index is 1020. The highest BCUT2D eigenvalue weighted by molar-refractivity contribution is 6.06. The molecule has 1 aromatic carbocycles. The van der Waals surface area contributed by atoms with Gasteiger partial charge >= 0.3 is 0 Å². The number of hydrogen-bond acceptors (Lipinski definition) is 6. The molecule has 1 amide bonds. The van der Waals surface area contributed by atoms with Gasteiger partial charge in [0, 0.05) is 11.5 Å². The molecule has 1 unspecified atom stereocenters. The van der Waals surface area contributed by atoms with Crippen LogP contribution < -0.4 is 5.32 Å². The number of amides is 1. The van der Waals surface area contributed by atoms with Crippen molar-refractivity contribution in [1.82, 2.24) is 19.5 Å². The third-order valence-electron chi connectivity index (χ3n) is 6.09. The van der Waals surface area contributed by atoms with E-state index in [0.29, 0.717) is 22.5 Å². The molecule has 3 heterocycles. The molecule has 3 aromatic rings. The Labute approximate surface area is 169 Å². The highest BCUT2D eigenvalue weighted by Crippen LogP contribution is 2.46. The average molecular weight is 395 g/mol. The lowest BCUT2D eigenvalue weighted by molar-refractivity contribution is -0.0948. The van der Waals surface area contributed by atoms with Gasteiger partial charge in [-0.25, -0.2) is 15.0 Å². The fourth-order valence-corrected chi connectivity index (χ4v) is 4.16. The molecule has 8 nitrogen and oxygen atoms in total. The van der Waals surface area contributed by atoms with E-state index >= 15 is 0 Å². The number of imidazole rings is 1. The number of rotatable bonds is 5. The molecule has 8 heteroatoms. The zero-order valence-electron chi connectivity index (χ0n) is 16.7. The number of hydrogen-bond donors (Lipinski definition) is 2. The normalized spacial score (nSPS) is 23.4. The summed E-state index contributed by atoms with van der Waals surface area (Å²) in [5.74, 6) is 0.0151. The summed E-state index contributed by atoms with van der Waals surface area (Å²) in [5.41, 5.74) is 1.09. The van der Waals surface area contributed by atoms with Crippen LogP contribution in [0.25, 0.3) is 11.2 Å². The van der Waals surface area contributed by atoms with E-state index in [1.807, 2.05) is 13.0 Å².